The summed E-state index contributed by atoms with van der Waals surface area (Å²) in [5.74, 6) is -0.0000570. The molecular weight excluding hydrogens is 284 g/mol. The van der Waals surface area contributed by atoms with E-state index in [0.29, 0.717) is 0 Å². The van der Waals surface area contributed by atoms with Crippen molar-refractivity contribution in [2.75, 3.05) is 38.1 Å². The van der Waals surface area contributed by atoms with Crippen LogP contribution < -0.4 is 20.4 Å². The van der Waals surface area contributed by atoms with Gasteiger partial charge in [-0.2, -0.15) is 0 Å². The van der Waals surface area contributed by atoms with Gasteiger partial charge < -0.3 is 20.2 Å². The highest BCUT2D eigenvalue weighted by Gasteiger charge is 2.29. The van der Waals surface area contributed by atoms with Crippen molar-refractivity contribution >= 4 is 17.6 Å². The number of anilines is 1. The van der Waals surface area contributed by atoms with Gasteiger partial charge in [-0.15, -0.1) is 0 Å². The van der Waals surface area contributed by atoms with Gasteiger partial charge in [0.05, 0.1) is 26.2 Å². The van der Waals surface area contributed by atoms with E-state index in [1.54, 1.807) is 12.1 Å². The monoisotopic (exact) mass is 307 g/mol. The molecule has 0 aromatic heterocycles. The molecule has 1 aliphatic heterocycles. The Bertz CT molecular complexity index is 524. The van der Waals surface area contributed by atoms with Crippen LogP contribution in [-0.2, 0) is 4.79 Å². The number of phenolic OH excluding ortho intramolecular Hbond substituents is 1. The van der Waals surface area contributed by atoms with E-state index in [0.717, 1.165) is 36.8 Å². The number of hydrogen-bond acceptors (Lipinski definition) is 4. The molecule has 1 atom stereocenters. The van der Waals surface area contributed by atoms with Crippen LogP contribution in [0.1, 0.15) is 6.92 Å². The Labute approximate surface area is 129 Å². The molecule has 2 rings (SSSR count). The van der Waals surface area contributed by atoms with Gasteiger partial charge in [0.25, 0.3) is 5.91 Å². The summed E-state index contributed by atoms with van der Waals surface area (Å²) in [5.41, 5.74) is 1.07. The van der Waals surface area contributed by atoms with E-state index in [2.05, 4.69) is 15.5 Å². The number of amides is 3. The molecule has 0 radical (unpaired) electrons. The first-order chi connectivity index (χ1) is 10.5. The van der Waals surface area contributed by atoms with Gasteiger partial charge in [0.1, 0.15) is 5.75 Å². The van der Waals surface area contributed by atoms with Gasteiger partial charge in [-0.3, -0.25) is 10.1 Å². The molecule has 1 fully saturated rings. The van der Waals surface area contributed by atoms with E-state index in [9.17, 15) is 14.7 Å². The fourth-order valence-corrected chi connectivity index (χ4v) is 2.62. The number of nitrogens with one attached hydrogen (secondary N) is 3. The molecule has 3 amide bonds. The summed E-state index contributed by atoms with van der Waals surface area (Å²) in [6, 6.07) is 6.39. The molecule has 1 aromatic carbocycles. The molecule has 1 aromatic rings. The molecule has 1 heterocycles. The highest BCUT2D eigenvalue weighted by atomic mass is 16.3. The van der Waals surface area contributed by atoms with Gasteiger partial charge in [-0.1, -0.05) is 0 Å². The molecule has 0 bridgehead atoms. The first kappa shape index (κ1) is 16.1. The van der Waals surface area contributed by atoms with Gasteiger partial charge in [0, 0.05) is 12.7 Å². The van der Waals surface area contributed by atoms with Crippen molar-refractivity contribution < 1.29 is 19.6 Å². The zero-order chi connectivity index (χ0) is 16.1. The Morgan fingerprint density at radius 2 is 1.82 bits per heavy atom. The largest absolute Gasteiger partial charge is 0.508 e. The van der Waals surface area contributed by atoms with Gasteiger partial charge in [0.15, 0.2) is 6.04 Å². The zero-order valence-electron chi connectivity index (χ0n) is 12.9. The third-order valence-electron chi connectivity index (χ3n) is 4.09. The first-order valence-electron chi connectivity index (χ1n) is 7.42. The Kier molecular flexibility index (Phi) is 5.21. The number of urea groups is 1. The second-order valence-corrected chi connectivity index (χ2v) is 5.45. The minimum Gasteiger partial charge on any atom is -0.508 e. The normalized spacial score (nSPS) is 16.9. The number of nitrogens with zero attached hydrogens (tertiary/aromatic N) is 1. The molecule has 7 nitrogen and oxygen atoms in total. The summed E-state index contributed by atoms with van der Waals surface area (Å²) in [7, 11) is 1.48. The lowest BCUT2D eigenvalue weighted by Crippen LogP contribution is -3.19. The van der Waals surface area contributed by atoms with Crippen molar-refractivity contribution in [2.45, 2.75) is 13.0 Å². The number of benzene rings is 1. The van der Waals surface area contributed by atoms with E-state index in [-0.39, 0.29) is 17.7 Å². The van der Waals surface area contributed by atoms with Gasteiger partial charge in [0.2, 0.25) is 0 Å². The average Bonchev–Trinajstić information content (AvgIpc) is 2.55. The first-order valence-corrected chi connectivity index (χ1v) is 7.42. The molecule has 4 N–H and O–H groups in total. The van der Waals surface area contributed by atoms with Crippen molar-refractivity contribution in [3.05, 3.63) is 24.3 Å². The molecule has 0 aliphatic carbocycles. The average molecular weight is 307 g/mol. The maximum absolute atomic E-state index is 12.0. The Balaban J connectivity index is 1.87. The highest BCUT2D eigenvalue weighted by molar-refractivity contribution is 5.96. The number of rotatable bonds is 3. The van der Waals surface area contributed by atoms with E-state index in [4.69, 9.17) is 0 Å². The summed E-state index contributed by atoms with van der Waals surface area (Å²) < 4.78 is 0. The van der Waals surface area contributed by atoms with Crippen molar-refractivity contribution in [1.29, 1.82) is 0 Å². The lowest BCUT2D eigenvalue weighted by molar-refractivity contribution is -0.914. The quantitative estimate of drug-likeness (QED) is 0.573. The third-order valence-corrected chi connectivity index (χ3v) is 4.09. The maximum Gasteiger partial charge on any atom is 0.321 e. The lowest BCUT2D eigenvalue weighted by Gasteiger charge is -2.35. The maximum atomic E-state index is 12.0. The van der Waals surface area contributed by atoms with Crippen LogP contribution in [0.4, 0.5) is 10.5 Å². The Morgan fingerprint density at radius 3 is 2.36 bits per heavy atom. The number of carbonyl (C=O) groups excluding carboxylic acids is 2. The summed E-state index contributed by atoms with van der Waals surface area (Å²) >= 11 is 0. The van der Waals surface area contributed by atoms with Crippen LogP contribution in [-0.4, -0.2) is 56.3 Å². The van der Waals surface area contributed by atoms with Crippen LogP contribution in [0.5, 0.6) is 5.75 Å². The predicted molar refractivity (Wildman–Crippen MR) is 83.1 cm³/mol. The number of quaternary nitrogens is 1. The SMILES string of the molecule is CNC(=O)NC(=O)[C@@H](C)[NH+]1CCN(c2ccc(O)cc2)CC1. The second kappa shape index (κ2) is 7.13. The molecular formula is C15H23N4O3+. The smallest absolute Gasteiger partial charge is 0.321 e. The van der Waals surface area contributed by atoms with Crippen molar-refractivity contribution in [3.8, 4) is 5.75 Å². The Hall–Kier alpha value is -2.28. The molecule has 1 aliphatic rings. The number of hydrogen-bond donors (Lipinski definition) is 4. The number of carbonyl (C=O) groups is 2. The molecule has 0 saturated carbocycles. The fourth-order valence-electron chi connectivity index (χ4n) is 2.62. The molecule has 0 unspecified atom stereocenters. The fraction of sp³-hybridized carbons (Fsp3) is 0.467. The number of piperazine rings is 1. The molecule has 22 heavy (non-hydrogen) atoms. The van der Waals surface area contributed by atoms with Crippen LogP contribution in [0.2, 0.25) is 0 Å². The minimum atomic E-state index is -0.473. The summed E-state index contributed by atoms with van der Waals surface area (Å²) in [4.78, 5) is 26.6. The van der Waals surface area contributed by atoms with Crippen LogP contribution >= 0.6 is 0 Å². The lowest BCUT2D eigenvalue weighted by atomic mass is 10.2. The minimum absolute atomic E-state index is 0.257. The van der Waals surface area contributed by atoms with Crippen molar-refractivity contribution in [2.24, 2.45) is 0 Å². The van der Waals surface area contributed by atoms with E-state index >= 15 is 0 Å². The van der Waals surface area contributed by atoms with Gasteiger partial charge in [-0.25, -0.2) is 4.79 Å². The van der Waals surface area contributed by atoms with Crippen LogP contribution in [0.25, 0.3) is 0 Å². The van der Waals surface area contributed by atoms with Gasteiger partial charge in [-0.05, 0) is 31.2 Å². The number of phenols is 1. The summed E-state index contributed by atoms with van der Waals surface area (Å²) in [6.07, 6.45) is 0. The van der Waals surface area contributed by atoms with Crippen molar-refractivity contribution in [3.63, 3.8) is 0 Å². The zero-order valence-corrected chi connectivity index (χ0v) is 12.9. The molecule has 7 heteroatoms. The standard InChI is InChI=1S/C15H22N4O3/c1-11(14(21)17-15(22)16-2)18-7-9-19(10-8-18)12-3-5-13(20)6-4-12/h3-6,11,20H,7-10H2,1-2H3,(H2,16,17,21,22)/p+1/t11-/m1/s1. The molecule has 1 saturated heterocycles. The number of imide groups is 1. The number of aromatic hydroxyl groups is 1. The van der Waals surface area contributed by atoms with E-state index in [1.165, 1.54) is 7.05 Å². The molecule has 120 valence electrons. The summed E-state index contributed by atoms with van der Waals surface area (Å²) in [6.45, 7) is 5.14. The van der Waals surface area contributed by atoms with Crippen molar-refractivity contribution in [1.82, 2.24) is 10.6 Å². The van der Waals surface area contributed by atoms with E-state index < -0.39 is 6.03 Å². The van der Waals surface area contributed by atoms with Crippen LogP contribution in [0.15, 0.2) is 24.3 Å². The highest BCUT2D eigenvalue weighted by Crippen LogP contribution is 2.18. The molecule has 0 spiro atoms. The van der Waals surface area contributed by atoms with Crippen LogP contribution in [0.3, 0.4) is 0 Å². The van der Waals surface area contributed by atoms with Gasteiger partial charge >= 0.3 is 6.03 Å². The summed E-state index contributed by atoms with van der Waals surface area (Å²) in [5, 5.41) is 14.0. The van der Waals surface area contributed by atoms with Crippen LogP contribution in [0, 0.1) is 0 Å². The van der Waals surface area contributed by atoms with E-state index in [1.807, 2.05) is 19.1 Å². The topological polar surface area (TPSA) is 86.1 Å². The third kappa shape index (κ3) is 3.88. The predicted octanol–water partition coefficient (Wildman–Crippen LogP) is -1.06. The second-order valence-electron chi connectivity index (χ2n) is 5.45. The Morgan fingerprint density at radius 1 is 1.23 bits per heavy atom.